The van der Waals surface area contributed by atoms with Gasteiger partial charge in [-0.3, -0.25) is 4.79 Å². The maximum absolute atomic E-state index is 12.0. The Morgan fingerprint density at radius 1 is 1.50 bits per heavy atom. The molecule has 0 unspecified atom stereocenters. The van der Waals surface area contributed by atoms with Gasteiger partial charge in [-0.2, -0.15) is 5.26 Å². The number of alkyl halides is 1. The summed E-state index contributed by atoms with van der Waals surface area (Å²) in [6.45, 7) is 0.866. The molecule has 0 saturated heterocycles. The molecule has 0 fully saturated rings. The Balaban J connectivity index is 2.48. The average molecular weight is 269 g/mol. The Bertz CT molecular complexity index is 384. The maximum atomic E-state index is 12.0. The normalized spacial score (nSPS) is 10.0. The van der Waals surface area contributed by atoms with Crippen LogP contribution < -0.4 is 0 Å². The number of rotatable bonds is 8. The third-order valence-corrected chi connectivity index (χ3v) is 2.81. The van der Waals surface area contributed by atoms with Crippen LogP contribution in [0.2, 0.25) is 0 Å². The molecule has 0 N–H and O–H groups in total. The fourth-order valence-corrected chi connectivity index (χ4v) is 1.79. The van der Waals surface area contributed by atoms with Gasteiger partial charge in [-0.25, -0.2) is 0 Å². The van der Waals surface area contributed by atoms with Crippen molar-refractivity contribution in [2.75, 3.05) is 12.4 Å². The molecule has 0 aliphatic heterocycles. The first-order valence-electron chi connectivity index (χ1n) is 6.01. The Morgan fingerprint density at radius 3 is 2.94 bits per heavy atom. The summed E-state index contributed by atoms with van der Waals surface area (Å²) >= 11 is 5.58. The van der Waals surface area contributed by atoms with Crippen molar-refractivity contribution < 1.29 is 9.21 Å². The zero-order chi connectivity index (χ0) is 13.2. The number of nitrogens with zero attached hydrogens (tertiary/aromatic N) is 2. The van der Waals surface area contributed by atoms with Gasteiger partial charge in [-0.1, -0.05) is 0 Å². The largest absolute Gasteiger partial charge is 0.467 e. The van der Waals surface area contributed by atoms with E-state index in [-0.39, 0.29) is 5.91 Å². The highest BCUT2D eigenvalue weighted by atomic mass is 35.5. The van der Waals surface area contributed by atoms with Crippen molar-refractivity contribution in [2.45, 2.75) is 32.2 Å². The lowest BCUT2D eigenvalue weighted by atomic mass is 10.2. The van der Waals surface area contributed by atoms with Gasteiger partial charge in [0.2, 0.25) is 5.91 Å². The smallest absolute Gasteiger partial charge is 0.223 e. The Labute approximate surface area is 112 Å². The van der Waals surface area contributed by atoms with Crippen molar-refractivity contribution in [3.63, 3.8) is 0 Å². The molecule has 4 nitrogen and oxygen atoms in total. The van der Waals surface area contributed by atoms with Gasteiger partial charge in [-0.05, 0) is 25.0 Å². The number of hydrogen-bond acceptors (Lipinski definition) is 3. The van der Waals surface area contributed by atoms with Crippen LogP contribution in [-0.4, -0.2) is 23.2 Å². The fraction of sp³-hybridized carbons (Fsp3) is 0.538. The highest BCUT2D eigenvalue weighted by molar-refractivity contribution is 6.17. The SMILES string of the molecule is N#CCCN(Cc1ccco1)C(=O)CCCCCl. The standard InChI is InChI=1S/C13H17ClN2O2/c14-7-2-1-6-13(17)16(9-4-8-15)11-12-5-3-10-18-12/h3,5,10H,1-2,4,6-7,9,11H2. The molecule has 0 aliphatic rings. The summed E-state index contributed by atoms with van der Waals surface area (Å²) in [6.07, 6.45) is 4.00. The minimum atomic E-state index is 0.0479. The summed E-state index contributed by atoms with van der Waals surface area (Å²) < 4.78 is 5.22. The summed E-state index contributed by atoms with van der Waals surface area (Å²) in [4.78, 5) is 13.6. The van der Waals surface area contributed by atoms with E-state index in [9.17, 15) is 4.79 Å². The fourth-order valence-electron chi connectivity index (χ4n) is 1.60. The molecule has 1 amide bonds. The Morgan fingerprint density at radius 2 is 2.33 bits per heavy atom. The van der Waals surface area contributed by atoms with E-state index in [1.807, 2.05) is 6.07 Å². The summed E-state index contributed by atoms with van der Waals surface area (Å²) in [5.41, 5.74) is 0. The monoisotopic (exact) mass is 268 g/mol. The zero-order valence-electron chi connectivity index (χ0n) is 10.3. The highest BCUT2D eigenvalue weighted by Crippen LogP contribution is 2.09. The van der Waals surface area contributed by atoms with Crippen LogP contribution in [-0.2, 0) is 11.3 Å². The molecule has 1 heterocycles. The number of carbonyl (C=O) groups excluding carboxylic acids is 1. The molecule has 98 valence electrons. The lowest BCUT2D eigenvalue weighted by molar-refractivity contribution is -0.132. The molecule has 1 rings (SSSR count). The van der Waals surface area contributed by atoms with Crippen molar-refractivity contribution in [1.82, 2.24) is 4.90 Å². The number of carbonyl (C=O) groups is 1. The number of furan rings is 1. The van der Waals surface area contributed by atoms with E-state index in [1.54, 1.807) is 17.2 Å². The zero-order valence-corrected chi connectivity index (χ0v) is 11.0. The second-order valence-corrected chi connectivity index (χ2v) is 4.33. The van der Waals surface area contributed by atoms with E-state index >= 15 is 0 Å². The lowest BCUT2D eigenvalue weighted by Gasteiger charge is -2.20. The summed E-state index contributed by atoms with van der Waals surface area (Å²) in [5, 5.41) is 8.61. The van der Waals surface area contributed by atoms with Crippen LogP contribution in [0.1, 0.15) is 31.4 Å². The van der Waals surface area contributed by atoms with Crippen LogP contribution in [0.5, 0.6) is 0 Å². The van der Waals surface area contributed by atoms with Gasteiger partial charge in [0, 0.05) is 18.8 Å². The van der Waals surface area contributed by atoms with Gasteiger partial charge >= 0.3 is 0 Å². The number of halogens is 1. The molecule has 0 spiro atoms. The van der Waals surface area contributed by atoms with Crippen LogP contribution in [0.4, 0.5) is 0 Å². The van der Waals surface area contributed by atoms with E-state index in [0.717, 1.165) is 18.6 Å². The highest BCUT2D eigenvalue weighted by Gasteiger charge is 2.14. The number of hydrogen-bond donors (Lipinski definition) is 0. The second kappa shape index (κ2) is 8.60. The minimum Gasteiger partial charge on any atom is -0.467 e. The summed E-state index contributed by atoms with van der Waals surface area (Å²) in [5.74, 6) is 1.36. The molecule has 0 aromatic carbocycles. The molecule has 0 bridgehead atoms. The predicted octanol–water partition coefficient (Wildman–Crippen LogP) is 2.93. The lowest BCUT2D eigenvalue weighted by Crippen LogP contribution is -2.31. The van der Waals surface area contributed by atoms with E-state index in [0.29, 0.717) is 31.8 Å². The number of amides is 1. The quantitative estimate of drug-likeness (QED) is 0.538. The molecule has 5 heteroatoms. The molecule has 0 atom stereocenters. The molecule has 1 aromatic heterocycles. The van der Waals surface area contributed by atoms with Crippen LogP contribution in [0.25, 0.3) is 0 Å². The van der Waals surface area contributed by atoms with E-state index in [1.165, 1.54) is 0 Å². The van der Waals surface area contributed by atoms with Gasteiger partial charge in [0.15, 0.2) is 0 Å². The van der Waals surface area contributed by atoms with Crippen molar-refractivity contribution in [2.24, 2.45) is 0 Å². The Kier molecular flexibility index (Phi) is 6.97. The topological polar surface area (TPSA) is 57.2 Å². The molecule has 1 aromatic rings. The first kappa shape index (κ1) is 14.6. The molecule has 0 radical (unpaired) electrons. The van der Waals surface area contributed by atoms with E-state index in [2.05, 4.69) is 6.07 Å². The average Bonchev–Trinajstić information content (AvgIpc) is 2.87. The summed E-state index contributed by atoms with van der Waals surface area (Å²) in [6, 6.07) is 5.67. The van der Waals surface area contributed by atoms with Crippen molar-refractivity contribution in [1.29, 1.82) is 5.26 Å². The Hall–Kier alpha value is -1.47. The van der Waals surface area contributed by atoms with Crippen LogP contribution in [0, 0.1) is 11.3 Å². The molecular weight excluding hydrogens is 252 g/mol. The number of unbranched alkanes of at least 4 members (excludes halogenated alkanes) is 1. The van der Waals surface area contributed by atoms with Gasteiger partial charge in [0.05, 0.1) is 25.3 Å². The first-order valence-corrected chi connectivity index (χ1v) is 6.54. The summed E-state index contributed by atoms with van der Waals surface area (Å²) in [7, 11) is 0. The van der Waals surface area contributed by atoms with Crippen LogP contribution in [0.15, 0.2) is 22.8 Å². The third kappa shape index (κ3) is 5.24. The second-order valence-electron chi connectivity index (χ2n) is 3.95. The van der Waals surface area contributed by atoms with Crippen LogP contribution in [0.3, 0.4) is 0 Å². The number of nitriles is 1. The third-order valence-electron chi connectivity index (χ3n) is 2.55. The van der Waals surface area contributed by atoms with Crippen molar-refractivity contribution in [3.05, 3.63) is 24.2 Å². The van der Waals surface area contributed by atoms with Gasteiger partial charge in [-0.15, -0.1) is 11.6 Å². The minimum absolute atomic E-state index is 0.0479. The van der Waals surface area contributed by atoms with E-state index < -0.39 is 0 Å². The van der Waals surface area contributed by atoms with Crippen molar-refractivity contribution in [3.8, 4) is 6.07 Å². The van der Waals surface area contributed by atoms with E-state index in [4.69, 9.17) is 21.3 Å². The maximum Gasteiger partial charge on any atom is 0.223 e. The molecule has 0 saturated carbocycles. The molecule has 0 aliphatic carbocycles. The van der Waals surface area contributed by atoms with Crippen molar-refractivity contribution >= 4 is 17.5 Å². The predicted molar refractivity (Wildman–Crippen MR) is 68.9 cm³/mol. The van der Waals surface area contributed by atoms with Gasteiger partial charge < -0.3 is 9.32 Å². The van der Waals surface area contributed by atoms with Crippen LogP contribution >= 0.6 is 11.6 Å². The molecular formula is C13H17ClN2O2. The van der Waals surface area contributed by atoms with Gasteiger partial charge in [0.1, 0.15) is 5.76 Å². The van der Waals surface area contributed by atoms with Gasteiger partial charge in [0.25, 0.3) is 0 Å². The molecule has 18 heavy (non-hydrogen) atoms. The first-order chi connectivity index (χ1) is 8.77.